The van der Waals surface area contributed by atoms with Gasteiger partial charge in [-0.05, 0) is 92.5 Å². The zero-order valence-electron chi connectivity index (χ0n) is 19.5. The Bertz CT molecular complexity index is 1450. The summed E-state index contributed by atoms with van der Waals surface area (Å²) < 4.78 is 12.3. The molecule has 0 fully saturated rings. The Labute approximate surface area is 211 Å². The van der Waals surface area contributed by atoms with Gasteiger partial charge in [0.25, 0.3) is 5.91 Å². The summed E-state index contributed by atoms with van der Waals surface area (Å²) in [5, 5.41) is 6.03. The van der Waals surface area contributed by atoms with Crippen LogP contribution >= 0.6 is 28.1 Å². The first-order valence-electron chi connectivity index (χ1n) is 10.6. The number of oxazole rings is 1. The number of methoxy groups -OCH3 is 1. The first kappa shape index (κ1) is 23.9. The van der Waals surface area contributed by atoms with Gasteiger partial charge >= 0.3 is 0 Å². The van der Waals surface area contributed by atoms with Crippen LogP contribution in [0.25, 0.3) is 22.6 Å². The molecule has 4 rings (SSSR count). The Morgan fingerprint density at radius 1 is 1.09 bits per heavy atom. The van der Waals surface area contributed by atoms with E-state index in [0.29, 0.717) is 17.2 Å². The van der Waals surface area contributed by atoms with Gasteiger partial charge in [0.05, 0.1) is 12.7 Å². The van der Waals surface area contributed by atoms with Crippen LogP contribution in [0.4, 0.5) is 5.69 Å². The fourth-order valence-electron chi connectivity index (χ4n) is 3.99. The van der Waals surface area contributed by atoms with Crippen LogP contribution in [0.1, 0.15) is 32.6 Å². The van der Waals surface area contributed by atoms with Gasteiger partial charge in [0.2, 0.25) is 5.89 Å². The number of hydrogen-bond donors (Lipinski definition) is 2. The Hall–Kier alpha value is -3.23. The van der Waals surface area contributed by atoms with Gasteiger partial charge in [-0.1, -0.05) is 28.1 Å². The average molecular weight is 538 g/mol. The summed E-state index contributed by atoms with van der Waals surface area (Å²) in [6.45, 7) is 7.88. The maximum atomic E-state index is 12.9. The number of amides is 1. The largest absolute Gasteiger partial charge is 0.496 e. The van der Waals surface area contributed by atoms with Crippen LogP contribution in [0.5, 0.6) is 5.75 Å². The summed E-state index contributed by atoms with van der Waals surface area (Å²) in [5.41, 5.74) is 7.50. The summed E-state index contributed by atoms with van der Waals surface area (Å²) in [6, 6.07) is 13.4. The highest BCUT2D eigenvalue weighted by Gasteiger charge is 2.18. The van der Waals surface area contributed by atoms with Crippen LogP contribution in [0.3, 0.4) is 0 Å². The average Bonchev–Trinajstić information content (AvgIpc) is 3.18. The molecule has 0 unspecified atom stereocenters. The van der Waals surface area contributed by atoms with E-state index in [-0.39, 0.29) is 11.0 Å². The predicted octanol–water partition coefficient (Wildman–Crippen LogP) is 6.63. The van der Waals surface area contributed by atoms with E-state index in [0.717, 1.165) is 49.1 Å². The number of anilines is 1. The monoisotopic (exact) mass is 537 g/mol. The number of hydrogen-bond acceptors (Lipinski definition) is 5. The molecule has 0 aliphatic rings. The van der Waals surface area contributed by atoms with Crippen LogP contribution < -0.4 is 15.4 Å². The molecular weight excluding hydrogens is 514 g/mol. The zero-order chi connectivity index (χ0) is 24.6. The molecule has 6 nitrogen and oxygen atoms in total. The van der Waals surface area contributed by atoms with Crippen LogP contribution in [0, 0.1) is 27.7 Å². The fraction of sp³-hybridized carbons (Fsp3) is 0.192. The first-order valence-corrected chi connectivity index (χ1v) is 11.8. The number of thiocarbonyl (C=S) groups is 1. The second-order valence-electron chi connectivity index (χ2n) is 8.14. The van der Waals surface area contributed by atoms with Crippen molar-refractivity contribution in [3.05, 3.63) is 74.8 Å². The lowest BCUT2D eigenvalue weighted by Crippen LogP contribution is -2.34. The van der Waals surface area contributed by atoms with Gasteiger partial charge in [-0.2, -0.15) is 0 Å². The second kappa shape index (κ2) is 9.56. The van der Waals surface area contributed by atoms with E-state index in [1.165, 1.54) is 7.11 Å². The van der Waals surface area contributed by atoms with Crippen molar-refractivity contribution in [3.8, 4) is 17.2 Å². The first-order chi connectivity index (χ1) is 16.2. The van der Waals surface area contributed by atoms with E-state index in [9.17, 15) is 4.79 Å². The molecule has 0 radical (unpaired) electrons. The van der Waals surface area contributed by atoms with Gasteiger partial charge in [0, 0.05) is 15.7 Å². The lowest BCUT2D eigenvalue weighted by Gasteiger charge is -2.15. The van der Waals surface area contributed by atoms with Crippen molar-refractivity contribution in [3.63, 3.8) is 0 Å². The number of aromatic nitrogens is 1. The van der Waals surface area contributed by atoms with Crippen molar-refractivity contribution in [2.45, 2.75) is 27.7 Å². The van der Waals surface area contributed by atoms with E-state index >= 15 is 0 Å². The van der Waals surface area contributed by atoms with Crippen molar-refractivity contribution >= 4 is 56.0 Å². The predicted molar refractivity (Wildman–Crippen MR) is 143 cm³/mol. The number of nitrogens with zero attached hydrogens (tertiary/aromatic N) is 1. The third-order valence-corrected chi connectivity index (χ3v) is 6.21. The molecule has 0 atom stereocenters. The molecule has 174 valence electrons. The highest BCUT2D eigenvalue weighted by molar-refractivity contribution is 9.10. The fourth-order valence-corrected chi connectivity index (χ4v) is 4.76. The van der Waals surface area contributed by atoms with Gasteiger partial charge in [-0.15, -0.1) is 0 Å². The minimum Gasteiger partial charge on any atom is -0.496 e. The minimum absolute atomic E-state index is 0.175. The molecule has 1 aromatic heterocycles. The smallest absolute Gasteiger partial charge is 0.261 e. The molecule has 4 aromatic rings. The number of carbonyl (C=O) groups is 1. The lowest BCUT2D eigenvalue weighted by atomic mass is 10.1. The molecule has 1 heterocycles. The lowest BCUT2D eigenvalue weighted by molar-refractivity contribution is 0.0974. The third-order valence-electron chi connectivity index (χ3n) is 5.55. The Morgan fingerprint density at radius 3 is 2.59 bits per heavy atom. The Morgan fingerprint density at radius 2 is 1.85 bits per heavy atom. The SMILES string of the molecule is COc1c(C)cc(Br)cc1C(=O)NC(=S)Nc1cccc(-c2nc3cc(C)cc(C)c3o2)c1C. The molecule has 0 saturated carbocycles. The van der Waals surface area contributed by atoms with Crippen molar-refractivity contribution in [1.29, 1.82) is 0 Å². The zero-order valence-corrected chi connectivity index (χ0v) is 21.9. The van der Waals surface area contributed by atoms with Crippen LogP contribution in [-0.2, 0) is 0 Å². The van der Waals surface area contributed by atoms with Crippen molar-refractivity contribution in [1.82, 2.24) is 10.3 Å². The highest BCUT2D eigenvalue weighted by atomic mass is 79.9. The number of benzene rings is 3. The molecule has 0 bridgehead atoms. The molecule has 2 N–H and O–H groups in total. The van der Waals surface area contributed by atoms with Gasteiger partial charge in [0.1, 0.15) is 11.3 Å². The van der Waals surface area contributed by atoms with Crippen molar-refractivity contribution in [2.75, 3.05) is 12.4 Å². The molecule has 3 aromatic carbocycles. The molecule has 0 aliphatic carbocycles. The summed E-state index contributed by atoms with van der Waals surface area (Å²) >= 11 is 8.85. The van der Waals surface area contributed by atoms with Crippen LogP contribution in [0.15, 0.2) is 51.4 Å². The van der Waals surface area contributed by atoms with Crippen molar-refractivity contribution < 1.29 is 13.9 Å². The summed E-state index contributed by atoms with van der Waals surface area (Å²) in [4.78, 5) is 17.6. The molecule has 34 heavy (non-hydrogen) atoms. The van der Waals surface area contributed by atoms with Crippen molar-refractivity contribution in [2.24, 2.45) is 0 Å². The minimum atomic E-state index is -0.364. The van der Waals surface area contributed by atoms with E-state index < -0.39 is 0 Å². The number of carbonyl (C=O) groups excluding carboxylic acids is 1. The van der Waals surface area contributed by atoms with Gasteiger partial charge in [-0.25, -0.2) is 4.98 Å². The second-order valence-corrected chi connectivity index (χ2v) is 9.46. The molecular formula is C26H24BrN3O3S. The van der Waals surface area contributed by atoms with Gasteiger partial charge in [0.15, 0.2) is 10.7 Å². The Kier molecular flexibility index (Phi) is 6.72. The standard InChI is InChI=1S/C26H24BrN3O3S/c1-13-9-14(2)23-21(10-13)28-25(33-23)18-7-6-8-20(16(18)4)29-26(34)30-24(31)19-12-17(27)11-15(3)22(19)32-5/h6-12H,1-5H3,(H2,29,30,31,34). The Balaban J connectivity index is 1.58. The maximum absolute atomic E-state index is 12.9. The van der Waals surface area contributed by atoms with E-state index in [1.807, 2.05) is 58.0 Å². The number of ether oxygens (including phenoxy) is 1. The van der Waals surface area contributed by atoms with E-state index in [4.69, 9.17) is 26.4 Å². The number of halogens is 1. The number of fused-ring (bicyclic) bond motifs is 1. The topological polar surface area (TPSA) is 76.4 Å². The maximum Gasteiger partial charge on any atom is 0.261 e. The number of nitrogens with one attached hydrogen (secondary N) is 2. The third kappa shape index (κ3) is 4.69. The van der Waals surface area contributed by atoms with Crippen LogP contribution in [-0.4, -0.2) is 23.1 Å². The number of rotatable bonds is 4. The number of aryl methyl sites for hydroxylation is 3. The molecule has 0 aliphatic heterocycles. The summed E-state index contributed by atoms with van der Waals surface area (Å²) in [7, 11) is 1.54. The molecule has 1 amide bonds. The van der Waals surface area contributed by atoms with Crippen LogP contribution in [0.2, 0.25) is 0 Å². The molecule has 0 saturated heterocycles. The molecule has 0 spiro atoms. The van der Waals surface area contributed by atoms with Gasteiger partial charge in [-0.3, -0.25) is 10.1 Å². The van der Waals surface area contributed by atoms with E-state index in [2.05, 4.69) is 32.6 Å². The van der Waals surface area contributed by atoms with E-state index in [1.54, 1.807) is 6.07 Å². The highest BCUT2D eigenvalue weighted by Crippen LogP contribution is 2.32. The quantitative estimate of drug-likeness (QED) is 0.284. The normalized spacial score (nSPS) is 10.9. The summed E-state index contributed by atoms with van der Waals surface area (Å²) in [6.07, 6.45) is 0. The summed E-state index contributed by atoms with van der Waals surface area (Å²) in [5.74, 6) is 0.676. The van der Waals surface area contributed by atoms with Gasteiger partial charge < -0.3 is 14.5 Å². The molecule has 8 heteroatoms.